The Labute approximate surface area is 164 Å². The van der Waals surface area contributed by atoms with Gasteiger partial charge in [-0.05, 0) is 36.4 Å². The predicted octanol–water partition coefficient (Wildman–Crippen LogP) is 3.82. The quantitative estimate of drug-likeness (QED) is 0.429. The molecule has 0 fully saturated rings. The van der Waals surface area contributed by atoms with Crippen LogP contribution in [0.5, 0.6) is 0 Å². The maximum Gasteiger partial charge on any atom is 0.225 e. The number of carbonyl (C=O) groups excluding carboxylic acids is 2. The Balaban J connectivity index is 2.01. The summed E-state index contributed by atoms with van der Waals surface area (Å²) in [6.07, 6.45) is 0.415. The van der Waals surface area contributed by atoms with Crippen molar-refractivity contribution in [3.05, 3.63) is 46.6 Å². The van der Waals surface area contributed by atoms with Crippen molar-refractivity contribution in [3.63, 3.8) is 0 Å². The van der Waals surface area contributed by atoms with E-state index in [9.17, 15) is 14.4 Å². The molecule has 0 radical (unpaired) electrons. The van der Waals surface area contributed by atoms with Crippen molar-refractivity contribution in [1.82, 2.24) is 4.98 Å². The number of hydrogen-bond acceptors (Lipinski definition) is 3. The van der Waals surface area contributed by atoms with E-state index in [1.807, 2.05) is 0 Å². The Morgan fingerprint density at radius 2 is 1.26 bits per heavy atom. The minimum Gasteiger partial charge on any atom is -0.354 e. The largest absolute Gasteiger partial charge is 0.354 e. The third-order valence-corrected chi connectivity index (χ3v) is 4.39. The molecule has 0 aliphatic heterocycles. The lowest BCUT2D eigenvalue weighted by atomic mass is 10.1. The fourth-order valence-electron chi connectivity index (χ4n) is 2.76. The normalized spacial score (nSPS) is 10.9. The van der Waals surface area contributed by atoms with E-state index >= 15 is 0 Å². The van der Waals surface area contributed by atoms with Gasteiger partial charge in [-0.2, -0.15) is 0 Å². The number of pyridine rings is 1. The lowest BCUT2D eigenvalue weighted by Gasteiger charge is -2.09. The van der Waals surface area contributed by atoms with Gasteiger partial charge < -0.3 is 15.6 Å². The third-order valence-electron chi connectivity index (χ3n) is 4.01. The number of nitrogens with one attached hydrogen (secondary N) is 3. The fourth-order valence-corrected chi connectivity index (χ4v) is 3.10. The highest BCUT2D eigenvalue weighted by Gasteiger charge is 2.09. The minimum absolute atomic E-state index is 0.129. The van der Waals surface area contributed by atoms with Gasteiger partial charge in [0.25, 0.3) is 0 Å². The second kappa shape index (κ2) is 8.41. The Hall–Kier alpha value is -2.57. The average Bonchev–Trinajstić information content (AvgIpc) is 2.62. The maximum absolute atomic E-state index is 12.7. The molecule has 0 bridgehead atoms. The predicted molar refractivity (Wildman–Crippen MR) is 110 cm³/mol. The Kier molecular flexibility index (Phi) is 5.98. The average molecular weight is 406 g/mol. The molecule has 0 aliphatic carbocycles. The van der Waals surface area contributed by atoms with Crippen molar-refractivity contribution in [2.24, 2.45) is 0 Å². The van der Waals surface area contributed by atoms with Crippen LogP contribution in [0.2, 0.25) is 0 Å². The van der Waals surface area contributed by atoms with E-state index in [0.29, 0.717) is 33.2 Å². The van der Waals surface area contributed by atoms with E-state index in [1.54, 1.807) is 36.4 Å². The lowest BCUT2D eigenvalue weighted by Crippen LogP contribution is -2.13. The molecule has 140 valence electrons. The first-order valence-corrected chi connectivity index (χ1v) is 9.40. The number of aromatic amines is 1. The van der Waals surface area contributed by atoms with Gasteiger partial charge in [0.2, 0.25) is 11.8 Å². The molecule has 0 atom stereocenters. The topological polar surface area (TPSA) is 91.1 Å². The summed E-state index contributed by atoms with van der Waals surface area (Å²) in [6.45, 7) is 0. The van der Waals surface area contributed by atoms with Crippen LogP contribution in [0.15, 0.2) is 41.2 Å². The zero-order valence-corrected chi connectivity index (χ0v) is 15.8. The summed E-state index contributed by atoms with van der Waals surface area (Å²) in [5.74, 6) is 0.0756. The van der Waals surface area contributed by atoms with Gasteiger partial charge in [-0.3, -0.25) is 14.4 Å². The van der Waals surface area contributed by atoms with Gasteiger partial charge in [-0.15, -0.1) is 23.2 Å². The highest BCUT2D eigenvalue weighted by Crippen LogP contribution is 2.21. The van der Waals surface area contributed by atoms with Gasteiger partial charge in [0.05, 0.1) is 11.0 Å². The van der Waals surface area contributed by atoms with E-state index in [0.717, 1.165) is 0 Å². The molecule has 0 saturated heterocycles. The van der Waals surface area contributed by atoms with Crippen LogP contribution >= 0.6 is 23.2 Å². The molecule has 0 saturated carbocycles. The molecule has 2 amide bonds. The number of anilines is 2. The molecule has 0 spiro atoms. The van der Waals surface area contributed by atoms with Crippen LogP contribution in [0.1, 0.15) is 12.8 Å². The van der Waals surface area contributed by atoms with Gasteiger partial charge >= 0.3 is 0 Å². The van der Waals surface area contributed by atoms with E-state index in [1.165, 1.54) is 0 Å². The molecule has 1 aromatic heterocycles. The molecule has 6 nitrogen and oxygen atoms in total. The monoisotopic (exact) mass is 405 g/mol. The first-order chi connectivity index (χ1) is 13.0. The van der Waals surface area contributed by atoms with Crippen molar-refractivity contribution in [1.29, 1.82) is 0 Å². The summed E-state index contributed by atoms with van der Waals surface area (Å²) in [5, 5.41) is 6.50. The molecule has 0 unspecified atom stereocenters. The van der Waals surface area contributed by atoms with Gasteiger partial charge in [-0.25, -0.2) is 0 Å². The van der Waals surface area contributed by atoms with Gasteiger partial charge in [0, 0.05) is 46.7 Å². The zero-order chi connectivity index (χ0) is 19.4. The number of halogens is 2. The van der Waals surface area contributed by atoms with Crippen molar-refractivity contribution < 1.29 is 9.59 Å². The van der Waals surface area contributed by atoms with Crippen molar-refractivity contribution in [2.75, 3.05) is 22.4 Å². The molecule has 3 aromatic rings. The molecule has 0 aliphatic rings. The zero-order valence-electron chi connectivity index (χ0n) is 14.3. The number of amides is 2. The van der Waals surface area contributed by atoms with E-state index in [2.05, 4.69) is 15.6 Å². The van der Waals surface area contributed by atoms with Crippen LogP contribution in [0.3, 0.4) is 0 Å². The molecule has 3 rings (SSSR count). The summed E-state index contributed by atoms with van der Waals surface area (Å²) >= 11 is 11.1. The van der Waals surface area contributed by atoms with Gasteiger partial charge in [0.15, 0.2) is 5.43 Å². The number of carbonyl (C=O) groups is 2. The maximum atomic E-state index is 12.7. The molecule has 3 N–H and O–H groups in total. The summed E-state index contributed by atoms with van der Waals surface area (Å²) < 4.78 is 0. The first-order valence-electron chi connectivity index (χ1n) is 8.33. The molecule has 1 heterocycles. The first kappa shape index (κ1) is 19.2. The Bertz CT molecular complexity index is 998. The molecule has 27 heavy (non-hydrogen) atoms. The van der Waals surface area contributed by atoms with Crippen LogP contribution < -0.4 is 16.1 Å². The summed E-state index contributed by atoms with van der Waals surface area (Å²) in [7, 11) is 0. The third kappa shape index (κ3) is 4.40. The van der Waals surface area contributed by atoms with Gasteiger partial charge in [0.1, 0.15) is 0 Å². The van der Waals surface area contributed by atoms with Crippen molar-refractivity contribution >= 4 is 68.2 Å². The van der Waals surface area contributed by atoms with E-state index in [-0.39, 0.29) is 41.8 Å². The Morgan fingerprint density at radius 3 is 1.67 bits per heavy atom. The van der Waals surface area contributed by atoms with Crippen molar-refractivity contribution in [2.45, 2.75) is 12.8 Å². The fraction of sp³-hybridized carbons (Fsp3) is 0.211. The Morgan fingerprint density at radius 1 is 0.815 bits per heavy atom. The number of alkyl halides is 2. The lowest BCUT2D eigenvalue weighted by molar-refractivity contribution is -0.116. The number of rotatable bonds is 6. The number of fused-ring (bicyclic) bond motifs is 2. The van der Waals surface area contributed by atoms with Crippen LogP contribution in [0, 0.1) is 0 Å². The number of benzene rings is 2. The minimum atomic E-state index is -0.197. The van der Waals surface area contributed by atoms with Crippen LogP contribution in [-0.4, -0.2) is 28.6 Å². The van der Waals surface area contributed by atoms with E-state index in [4.69, 9.17) is 23.2 Å². The second-order valence-corrected chi connectivity index (χ2v) is 6.71. The summed E-state index contributed by atoms with van der Waals surface area (Å²) in [6, 6.07) is 10.1. The van der Waals surface area contributed by atoms with E-state index < -0.39 is 0 Å². The smallest absolute Gasteiger partial charge is 0.225 e. The molecular weight excluding hydrogens is 389 g/mol. The SMILES string of the molecule is O=C(CCCl)Nc1ccc2c(=O)c3ccc(NC(=O)CCCl)cc3[nH]c2c1. The summed E-state index contributed by atoms with van der Waals surface area (Å²) in [4.78, 5) is 39.3. The number of H-pyrrole nitrogens is 1. The summed E-state index contributed by atoms with van der Waals surface area (Å²) in [5.41, 5.74) is 2.18. The number of hydrogen-bond donors (Lipinski definition) is 3. The standard InChI is InChI=1S/C19H17Cl2N3O3/c20-7-5-17(25)22-11-1-3-13-15(9-11)24-16-10-12(23-18(26)6-8-21)2-4-14(16)19(13)27/h1-4,9-10H,5-8H2,(H,22,25)(H,23,26)(H,24,27). The van der Waals surface area contributed by atoms with Crippen LogP contribution in [-0.2, 0) is 9.59 Å². The van der Waals surface area contributed by atoms with Crippen molar-refractivity contribution in [3.8, 4) is 0 Å². The molecular formula is C19H17Cl2N3O3. The van der Waals surface area contributed by atoms with Crippen LogP contribution in [0.4, 0.5) is 11.4 Å². The highest BCUT2D eigenvalue weighted by molar-refractivity contribution is 6.19. The van der Waals surface area contributed by atoms with Crippen LogP contribution in [0.25, 0.3) is 21.8 Å². The number of aromatic nitrogens is 1. The second-order valence-electron chi connectivity index (χ2n) is 5.95. The highest BCUT2D eigenvalue weighted by atomic mass is 35.5. The van der Waals surface area contributed by atoms with Gasteiger partial charge in [-0.1, -0.05) is 0 Å². The molecule has 8 heteroatoms. The molecule has 2 aromatic carbocycles.